The molecule has 0 aliphatic heterocycles. The molecule has 2 aromatic carbocycles. The normalized spacial score (nSPS) is 10.8. The van der Waals surface area contributed by atoms with Crippen LogP contribution in [0.1, 0.15) is 0 Å². The number of methoxy groups -OCH3 is 1. The summed E-state index contributed by atoms with van der Waals surface area (Å²) in [6.07, 6.45) is 1.58. The van der Waals surface area contributed by atoms with Gasteiger partial charge < -0.3 is 19.0 Å². The second-order valence-electron chi connectivity index (χ2n) is 4.68. The molecule has 0 unspecified atom stereocenters. The van der Waals surface area contributed by atoms with Crippen molar-refractivity contribution in [3.8, 4) is 17.2 Å². The van der Waals surface area contributed by atoms with Crippen molar-refractivity contribution in [1.29, 1.82) is 0 Å². The van der Waals surface area contributed by atoms with E-state index in [9.17, 15) is 9.90 Å². The Hall–Kier alpha value is -2.95. The third-order valence-electron chi connectivity index (χ3n) is 3.31. The van der Waals surface area contributed by atoms with Crippen LogP contribution in [-0.2, 0) is 0 Å². The van der Waals surface area contributed by atoms with Gasteiger partial charge in [0.1, 0.15) is 29.1 Å². The minimum Gasteiger partial charge on any atom is -0.507 e. The minimum absolute atomic E-state index is 0.117. The average Bonchev–Trinajstić information content (AvgIpc) is 2.52. The lowest BCUT2D eigenvalue weighted by Crippen LogP contribution is -2.04. The second kappa shape index (κ2) is 5.44. The first-order valence-corrected chi connectivity index (χ1v) is 6.66. The molecule has 5 heteroatoms. The second-order valence-corrected chi connectivity index (χ2v) is 4.68. The number of para-hydroxylation sites is 1. The highest BCUT2D eigenvalue weighted by atomic mass is 16.5. The number of phenolic OH excluding ortho intramolecular Hbond substituents is 1. The van der Waals surface area contributed by atoms with Gasteiger partial charge in [-0.1, -0.05) is 18.7 Å². The molecular formula is C17H14O5. The van der Waals surface area contributed by atoms with E-state index in [4.69, 9.17) is 13.9 Å². The Bertz CT molecular complexity index is 924. The van der Waals surface area contributed by atoms with E-state index in [-0.39, 0.29) is 28.8 Å². The first kappa shape index (κ1) is 14.0. The summed E-state index contributed by atoms with van der Waals surface area (Å²) in [6, 6.07) is 7.98. The zero-order valence-electron chi connectivity index (χ0n) is 12.0. The number of ether oxygens (including phenoxy) is 2. The Morgan fingerprint density at radius 2 is 2.18 bits per heavy atom. The van der Waals surface area contributed by atoms with Gasteiger partial charge in [-0.25, -0.2) is 0 Å². The number of hydrogen-bond donors (Lipinski definition) is 1. The highest BCUT2D eigenvalue weighted by Crippen LogP contribution is 2.33. The zero-order chi connectivity index (χ0) is 15.7. The van der Waals surface area contributed by atoms with E-state index < -0.39 is 0 Å². The standard InChI is InChI=1S/C17H14O5/c1-3-7-21-10-8-12(18)15-14(9-10)22-17-11(16(15)19)5-4-6-13(17)20-2/h3-6,8-9,18H,1,7H2,2H3. The smallest absolute Gasteiger partial charge is 0.204 e. The Kier molecular flexibility index (Phi) is 3.47. The molecule has 22 heavy (non-hydrogen) atoms. The highest BCUT2D eigenvalue weighted by Gasteiger charge is 2.15. The molecule has 0 fully saturated rings. The van der Waals surface area contributed by atoms with E-state index in [1.54, 1.807) is 30.3 Å². The number of aromatic hydroxyl groups is 1. The summed E-state index contributed by atoms with van der Waals surface area (Å²) in [7, 11) is 1.50. The summed E-state index contributed by atoms with van der Waals surface area (Å²) >= 11 is 0. The lowest BCUT2D eigenvalue weighted by Gasteiger charge is -2.09. The minimum atomic E-state index is -0.317. The largest absolute Gasteiger partial charge is 0.507 e. The van der Waals surface area contributed by atoms with Gasteiger partial charge in [0, 0.05) is 12.1 Å². The molecule has 0 bridgehead atoms. The number of hydrogen-bond acceptors (Lipinski definition) is 5. The molecule has 1 aromatic heterocycles. The van der Waals surface area contributed by atoms with E-state index in [0.717, 1.165) is 0 Å². The molecule has 0 atom stereocenters. The maximum absolute atomic E-state index is 12.6. The van der Waals surface area contributed by atoms with Crippen molar-refractivity contribution in [2.75, 3.05) is 13.7 Å². The van der Waals surface area contributed by atoms with Gasteiger partial charge in [-0.05, 0) is 12.1 Å². The van der Waals surface area contributed by atoms with Crippen molar-refractivity contribution >= 4 is 21.9 Å². The van der Waals surface area contributed by atoms with Crippen molar-refractivity contribution in [2.45, 2.75) is 0 Å². The van der Waals surface area contributed by atoms with E-state index in [0.29, 0.717) is 22.5 Å². The van der Waals surface area contributed by atoms with Gasteiger partial charge in [-0.15, -0.1) is 0 Å². The van der Waals surface area contributed by atoms with Crippen molar-refractivity contribution < 1.29 is 19.0 Å². The number of rotatable bonds is 4. The van der Waals surface area contributed by atoms with Crippen LogP contribution < -0.4 is 14.9 Å². The summed E-state index contributed by atoms with van der Waals surface area (Å²) < 4.78 is 16.4. The fourth-order valence-corrected chi connectivity index (χ4v) is 2.33. The van der Waals surface area contributed by atoms with Crippen LogP contribution >= 0.6 is 0 Å². The Balaban J connectivity index is 2.36. The quantitative estimate of drug-likeness (QED) is 0.591. The summed E-state index contributed by atoms with van der Waals surface area (Å²) in [4.78, 5) is 12.6. The van der Waals surface area contributed by atoms with E-state index >= 15 is 0 Å². The monoisotopic (exact) mass is 298 g/mol. The fraction of sp³-hybridized carbons (Fsp3) is 0.118. The summed E-state index contributed by atoms with van der Waals surface area (Å²) in [5.74, 6) is 0.658. The van der Waals surface area contributed by atoms with Gasteiger partial charge in [0.05, 0.1) is 12.5 Å². The van der Waals surface area contributed by atoms with Crippen molar-refractivity contribution in [2.24, 2.45) is 0 Å². The van der Waals surface area contributed by atoms with E-state index in [1.807, 2.05) is 0 Å². The predicted molar refractivity (Wildman–Crippen MR) is 83.9 cm³/mol. The number of fused-ring (bicyclic) bond motifs is 2. The van der Waals surface area contributed by atoms with Gasteiger partial charge in [0.25, 0.3) is 0 Å². The third kappa shape index (κ3) is 2.16. The molecule has 0 saturated heterocycles. The molecule has 1 N–H and O–H groups in total. The van der Waals surface area contributed by atoms with Crippen LogP contribution in [0.5, 0.6) is 17.2 Å². The van der Waals surface area contributed by atoms with Crippen molar-refractivity contribution in [1.82, 2.24) is 0 Å². The van der Waals surface area contributed by atoms with Crippen LogP contribution in [-0.4, -0.2) is 18.8 Å². The fourth-order valence-electron chi connectivity index (χ4n) is 2.33. The topological polar surface area (TPSA) is 68.9 Å². The van der Waals surface area contributed by atoms with Gasteiger partial charge in [0.15, 0.2) is 11.3 Å². The molecule has 112 valence electrons. The average molecular weight is 298 g/mol. The van der Waals surface area contributed by atoms with Gasteiger partial charge in [-0.2, -0.15) is 0 Å². The molecule has 5 nitrogen and oxygen atoms in total. The van der Waals surface area contributed by atoms with Crippen LogP contribution in [0.3, 0.4) is 0 Å². The molecule has 0 aliphatic carbocycles. The van der Waals surface area contributed by atoms with Crippen molar-refractivity contribution in [3.63, 3.8) is 0 Å². The van der Waals surface area contributed by atoms with Crippen LogP contribution in [0.15, 0.2) is 52.2 Å². The maximum atomic E-state index is 12.6. The van der Waals surface area contributed by atoms with Gasteiger partial charge in [-0.3, -0.25) is 4.79 Å². The summed E-state index contributed by atoms with van der Waals surface area (Å²) in [5, 5.41) is 10.6. The first-order valence-electron chi connectivity index (χ1n) is 6.66. The maximum Gasteiger partial charge on any atom is 0.204 e. The van der Waals surface area contributed by atoms with Crippen LogP contribution in [0.4, 0.5) is 0 Å². The van der Waals surface area contributed by atoms with E-state index in [1.165, 1.54) is 13.2 Å². The van der Waals surface area contributed by atoms with Crippen LogP contribution in [0.2, 0.25) is 0 Å². The SMILES string of the molecule is C=CCOc1cc(O)c2c(=O)c3cccc(OC)c3oc2c1. The summed E-state index contributed by atoms with van der Waals surface area (Å²) in [6.45, 7) is 3.84. The molecule has 0 spiro atoms. The molecule has 3 aromatic rings. The van der Waals surface area contributed by atoms with Crippen molar-refractivity contribution in [3.05, 3.63) is 53.2 Å². The molecule has 0 aliphatic rings. The first-order chi connectivity index (χ1) is 10.7. The highest BCUT2D eigenvalue weighted by molar-refractivity contribution is 5.95. The number of phenols is 1. The zero-order valence-corrected chi connectivity index (χ0v) is 12.0. The molecule has 0 amide bonds. The van der Waals surface area contributed by atoms with Gasteiger partial charge >= 0.3 is 0 Å². The lowest BCUT2D eigenvalue weighted by atomic mass is 10.1. The summed E-state index contributed by atoms with van der Waals surface area (Å²) in [5.41, 5.74) is 0.256. The number of benzene rings is 2. The van der Waals surface area contributed by atoms with Crippen LogP contribution in [0.25, 0.3) is 21.9 Å². The Morgan fingerprint density at radius 3 is 2.91 bits per heavy atom. The molecular weight excluding hydrogens is 284 g/mol. The lowest BCUT2D eigenvalue weighted by molar-refractivity contribution is 0.360. The molecule has 1 heterocycles. The molecule has 0 saturated carbocycles. The third-order valence-corrected chi connectivity index (χ3v) is 3.31. The van der Waals surface area contributed by atoms with E-state index in [2.05, 4.69) is 6.58 Å². The molecule has 0 radical (unpaired) electrons. The molecule has 3 rings (SSSR count). The Morgan fingerprint density at radius 1 is 1.36 bits per heavy atom. The Labute approximate surface area is 126 Å². The predicted octanol–water partition coefficient (Wildman–Crippen LogP) is 3.23. The van der Waals surface area contributed by atoms with Gasteiger partial charge in [0.2, 0.25) is 5.43 Å². The van der Waals surface area contributed by atoms with Crippen LogP contribution in [0, 0.1) is 0 Å².